The van der Waals surface area contributed by atoms with Gasteiger partial charge in [0.2, 0.25) is 0 Å². The molecule has 0 aliphatic rings. The number of nitriles is 1. The van der Waals surface area contributed by atoms with Crippen molar-refractivity contribution in [1.82, 2.24) is 4.98 Å². The van der Waals surface area contributed by atoms with Gasteiger partial charge in [-0.25, -0.2) is 0 Å². The maximum absolute atomic E-state index is 12.6. The highest BCUT2D eigenvalue weighted by Crippen LogP contribution is 2.21. The number of hydrogen-bond acceptors (Lipinski definition) is 4. The predicted octanol–water partition coefficient (Wildman–Crippen LogP) is 1.93. The summed E-state index contributed by atoms with van der Waals surface area (Å²) in [6.07, 6.45) is 0.587. The van der Waals surface area contributed by atoms with Crippen molar-refractivity contribution in [1.29, 1.82) is 5.26 Å². The lowest BCUT2D eigenvalue weighted by Gasteiger charge is -2.12. The zero-order valence-corrected chi connectivity index (χ0v) is 11.9. The molecule has 2 rings (SSSR count). The maximum Gasteiger partial charge on any atom is 0.272 e. The van der Waals surface area contributed by atoms with Gasteiger partial charge in [0.15, 0.2) is 5.78 Å². The van der Waals surface area contributed by atoms with Crippen LogP contribution in [0.2, 0.25) is 0 Å². The number of benzene rings is 1. The summed E-state index contributed by atoms with van der Waals surface area (Å²) < 4.78 is 0. The van der Waals surface area contributed by atoms with E-state index in [0.717, 1.165) is 5.56 Å². The number of nitrogens with one attached hydrogen (secondary N) is 1. The largest absolute Gasteiger partial charge is 0.394 e. The normalized spacial score (nSPS) is 10.1. The van der Waals surface area contributed by atoms with Gasteiger partial charge in [-0.3, -0.25) is 9.59 Å². The number of pyridine rings is 1. The average molecular weight is 281 g/mol. The number of nitrogens with zero attached hydrogens (tertiary/aromatic N) is 1. The van der Waals surface area contributed by atoms with Gasteiger partial charge in [-0.2, -0.15) is 5.26 Å². The van der Waals surface area contributed by atoms with Gasteiger partial charge in [-0.1, -0.05) is 6.92 Å². The lowest BCUT2D eigenvalue weighted by Crippen LogP contribution is -2.21. The van der Waals surface area contributed by atoms with E-state index >= 15 is 0 Å². The number of nitrogen functional groups attached to an aromatic ring is 1. The second-order valence-electron chi connectivity index (χ2n) is 4.72. The number of anilines is 1. The van der Waals surface area contributed by atoms with Gasteiger partial charge < -0.3 is 10.7 Å². The molecule has 0 saturated heterocycles. The summed E-state index contributed by atoms with van der Waals surface area (Å²) >= 11 is 0. The molecule has 2 aromatic rings. The predicted molar refractivity (Wildman–Crippen MR) is 80.2 cm³/mol. The molecule has 5 heteroatoms. The van der Waals surface area contributed by atoms with E-state index in [-0.39, 0.29) is 17.0 Å². The van der Waals surface area contributed by atoms with Crippen LogP contribution in [0.4, 0.5) is 5.69 Å². The Kier molecular flexibility index (Phi) is 3.90. The minimum absolute atomic E-state index is 0.0631. The third-order valence-electron chi connectivity index (χ3n) is 3.43. The second-order valence-corrected chi connectivity index (χ2v) is 4.72. The highest BCUT2D eigenvalue weighted by atomic mass is 16.1. The summed E-state index contributed by atoms with van der Waals surface area (Å²) in [5, 5.41) is 8.78. The fourth-order valence-corrected chi connectivity index (χ4v) is 2.32. The molecule has 1 aromatic heterocycles. The van der Waals surface area contributed by atoms with Crippen molar-refractivity contribution >= 4 is 11.5 Å². The number of aryl methyl sites for hydroxylation is 1. The molecule has 0 radical (unpaired) electrons. The zero-order chi connectivity index (χ0) is 15.6. The molecule has 0 amide bonds. The highest BCUT2D eigenvalue weighted by Gasteiger charge is 2.20. The fraction of sp³-hybridized carbons (Fsp3) is 0.188. The lowest BCUT2D eigenvalue weighted by molar-refractivity contribution is 0.103. The number of carbonyl (C=O) groups excluding carboxylic acids is 1. The first-order valence-corrected chi connectivity index (χ1v) is 6.55. The van der Waals surface area contributed by atoms with E-state index in [1.807, 2.05) is 13.0 Å². The number of ketones is 1. The number of hydrogen-bond donors (Lipinski definition) is 2. The van der Waals surface area contributed by atoms with Gasteiger partial charge in [0.1, 0.15) is 5.69 Å². The van der Waals surface area contributed by atoms with Crippen molar-refractivity contribution in [3.63, 3.8) is 0 Å². The summed E-state index contributed by atoms with van der Waals surface area (Å²) in [7, 11) is 0. The molecule has 21 heavy (non-hydrogen) atoms. The Hall–Kier alpha value is -2.87. The number of rotatable bonds is 3. The smallest absolute Gasteiger partial charge is 0.272 e. The number of H-pyrrole nitrogens is 1. The van der Waals surface area contributed by atoms with E-state index in [1.165, 1.54) is 0 Å². The Morgan fingerprint density at radius 2 is 1.95 bits per heavy atom. The average Bonchev–Trinajstić information content (AvgIpc) is 2.50. The molecular formula is C16H15N3O2. The maximum atomic E-state index is 12.6. The standard InChI is InChI=1S/C16H15N3O2/c1-3-12-9(2)19-16(21)14(18)13(12)15(20)11-6-4-10(8-17)5-7-11/h4-7H,3,18H2,1-2H3,(H,19,21). The topological polar surface area (TPSA) is 99.7 Å². The van der Waals surface area contributed by atoms with E-state index < -0.39 is 5.56 Å². The van der Waals surface area contributed by atoms with Crippen LogP contribution in [0.15, 0.2) is 29.1 Å². The molecule has 0 atom stereocenters. The van der Waals surface area contributed by atoms with Crippen LogP contribution in [0.3, 0.4) is 0 Å². The number of aromatic amines is 1. The molecule has 1 heterocycles. The molecule has 0 saturated carbocycles. The molecule has 0 unspecified atom stereocenters. The third kappa shape index (κ3) is 2.56. The lowest BCUT2D eigenvalue weighted by atomic mass is 9.94. The minimum atomic E-state index is -0.457. The summed E-state index contributed by atoms with van der Waals surface area (Å²) in [4.78, 5) is 27.1. The highest BCUT2D eigenvalue weighted by molar-refractivity contribution is 6.13. The molecule has 3 N–H and O–H groups in total. The van der Waals surface area contributed by atoms with Crippen LogP contribution >= 0.6 is 0 Å². The Morgan fingerprint density at radius 3 is 2.48 bits per heavy atom. The van der Waals surface area contributed by atoms with E-state index in [1.54, 1.807) is 31.2 Å². The van der Waals surface area contributed by atoms with E-state index in [9.17, 15) is 9.59 Å². The quantitative estimate of drug-likeness (QED) is 0.839. The van der Waals surface area contributed by atoms with Gasteiger partial charge in [0.25, 0.3) is 5.56 Å². The first-order chi connectivity index (χ1) is 9.99. The van der Waals surface area contributed by atoms with Crippen LogP contribution in [0.1, 0.15) is 39.7 Å². The van der Waals surface area contributed by atoms with E-state index in [2.05, 4.69) is 4.98 Å². The zero-order valence-electron chi connectivity index (χ0n) is 11.9. The molecular weight excluding hydrogens is 266 g/mol. The Morgan fingerprint density at radius 1 is 1.33 bits per heavy atom. The van der Waals surface area contributed by atoms with Crippen LogP contribution in [0.25, 0.3) is 0 Å². The number of nitrogens with two attached hydrogens (primary N) is 1. The summed E-state index contributed by atoms with van der Waals surface area (Å²) in [5.74, 6) is -0.303. The monoisotopic (exact) mass is 281 g/mol. The van der Waals surface area contributed by atoms with E-state index in [4.69, 9.17) is 11.0 Å². The van der Waals surface area contributed by atoms with Crippen LogP contribution in [-0.2, 0) is 6.42 Å². The molecule has 0 fully saturated rings. The van der Waals surface area contributed by atoms with E-state index in [0.29, 0.717) is 23.2 Å². The van der Waals surface area contributed by atoms with Gasteiger partial charge >= 0.3 is 0 Å². The van der Waals surface area contributed by atoms with Crippen molar-refractivity contribution in [2.24, 2.45) is 0 Å². The minimum Gasteiger partial charge on any atom is -0.394 e. The molecule has 1 aromatic carbocycles. The first kappa shape index (κ1) is 14.5. The third-order valence-corrected chi connectivity index (χ3v) is 3.43. The Labute approximate surface area is 122 Å². The van der Waals surface area contributed by atoms with Gasteiger partial charge in [0.05, 0.1) is 17.2 Å². The SMILES string of the molecule is CCc1c(C)[nH]c(=O)c(N)c1C(=O)c1ccc(C#N)cc1. The molecule has 0 aliphatic heterocycles. The van der Waals surface area contributed by atoms with Crippen LogP contribution < -0.4 is 11.3 Å². The van der Waals surface area contributed by atoms with Gasteiger partial charge in [-0.05, 0) is 43.2 Å². The molecule has 0 aliphatic carbocycles. The Bertz CT molecular complexity index is 796. The number of carbonyl (C=O) groups is 1. The summed E-state index contributed by atoms with van der Waals surface area (Å²) in [6, 6.07) is 8.25. The van der Waals surface area contributed by atoms with Gasteiger partial charge in [-0.15, -0.1) is 0 Å². The van der Waals surface area contributed by atoms with Crippen molar-refractivity contribution in [3.05, 3.63) is 62.6 Å². The Balaban J connectivity index is 2.62. The second kappa shape index (κ2) is 5.63. The fourth-order valence-electron chi connectivity index (χ4n) is 2.32. The summed E-state index contributed by atoms with van der Waals surface area (Å²) in [6.45, 7) is 3.64. The van der Waals surface area contributed by atoms with Crippen LogP contribution in [-0.4, -0.2) is 10.8 Å². The van der Waals surface area contributed by atoms with Crippen molar-refractivity contribution in [2.45, 2.75) is 20.3 Å². The van der Waals surface area contributed by atoms with Crippen molar-refractivity contribution in [3.8, 4) is 6.07 Å². The molecule has 106 valence electrons. The van der Waals surface area contributed by atoms with Crippen LogP contribution in [0.5, 0.6) is 0 Å². The summed E-state index contributed by atoms with van der Waals surface area (Å²) in [5.41, 5.74) is 7.80. The van der Waals surface area contributed by atoms with Crippen molar-refractivity contribution < 1.29 is 4.79 Å². The van der Waals surface area contributed by atoms with Crippen molar-refractivity contribution in [2.75, 3.05) is 5.73 Å². The number of aromatic nitrogens is 1. The van der Waals surface area contributed by atoms with Crippen LogP contribution in [0, 0.1) is 18.3 Å². The molecule has 0 spiro atoms. The van der Waals surface area contributed by atoms with Gasteiger partial charge in [0, 0.05) is 11.3 Å². The molecule has 5 nitrogen and oxygen atoms in total. The first-order valence-electron chi connectivity index (χ1n) is 6.55. The molecule has 0 bridgehead atoms.